The van der Waals surface area contributed by atoms with E-state index in [1.165, 1.54) is 0 Å². The highest BCUT2D eigenvalue weighted by Gasteiger charge is 2.52. The lowest BCUT2D eigenvalue weighted by Crippen LogP contribution is -2.70. The van der Waals surface area contributed by atoms with Crippen molar-refractivity contribution in [3.8, 4) is 11.1 Å². The van der Waals surface area contributed by atoms with Gasteiger partial charge in [0.15, 0.2) is 0 Å². The molecule has 2 aliphatic heterocycles. The van der Waals surface area contributed by atoms with Crippen molar-refractivity contribution in [1.82, 2.24) is 10.2 Å². The Morgan fingerprint density at radius 1 is 1.09 bits per heavy atom. The van der Waals surface area contributed by atoms with E-state index in [0.29, 0.717) is 13.0 Å². The number of hydrogen-bond acceptors (Lipinski definition) is 6. The SMILES string of the molecule is CC1(OCC(=O)O)CN(C(=O)C2(NC(=O)OCC3c4ccccc4-c4ccccc43)CCOC2)C1. The lowest BCUT2D eigenvalue weighted by atomic mass is 9.90. The minimum Gasteiger partial charge on any atom is -0.480 e. The van der Waals surface area contributed by atoms with Crippen LogP contribution in [0.1, 0.15) is 30.4 Å². The molecule has 5 rings (SSSR count). The van der Waals surface area contributed by atoms with Gasteiger partial charge in [-0.15, -0.1) is 0 Å². The molecule has 0 aromatic heterocycles. The van der Waals surface area contributed by atoms with Crippen LogP contribution in [0.15, 0.2) is 48.5 Å². The number of carboxylic acids is 1. The first kappa shape index (κ1) is 23.3. The molecule has 0 saturated carbocycles. The van der Waals surface area contributed by atoms with E-state index in [9.17, 15) is 14.4 Å². The Balaban J connectivity index is 1.23. The van der Waals surface area contributed by atoms with Crippen LogP contribution in [0, 0.1) is 0 Å². The normalized spacial score (nSPS) is 22.1. The first-order chi connectivity index (χ1) is 16.8. The predicted molar refractivity (Wildman–Crippen MR) is 125 cm³/mol. The first-order valence-electron chi connectivity index (χ1n) is 11.7. The Kier molecular flexibility index (Phi) is 5.98. The number of carbonyl (C=O) groups is 3. The predicted octanol–water partition coefficient (Wildman–Crippen LogP) is 2.39. The fourth-order valence-electron chi connectivity index (χ4n) is 5.25. The third-order valence-electron chi connectivity index (χ3n) is 7.00. The third-order valence-corrected chi connectivity index (χ3v) is 7.00. The molecule has 9 heteroatoms. The molecule has 9 nitrogen and oxygen atoms in total. The van der Waals surface area contributed by atoms with Gasteiger partial charge in [-0.2, -0.15) is 0 Å². The number of amides is 2. The fraction of sp³-hybridized carbons (Fsp3) is 0.423. The maximum Gasteiger partial charge on any atom is 0.408 e. The monoisotopic (exact) mass is 480 g/mol. The standard InChI is InChI=1S/C26H28N2O7/c1-25(35-13-22(29)30)14-28(15-25)23(31)26(10-11-33-16-26)27-24(32)34-12-21-19-8-4-2-6-17(19)18-7-3-5-9-20(18)21/h2-9,21H,10-16H2,1H3,(H,27,32)(H,29,30). The summed E-state index contributed by atoms with van der Waals surface area (Å²) in [4.78, 5) is 38.5. The lowest BCUT2D eigenvalue weighted by molar-refractivity contribution is -0.177. The number of rotatable bonds is 7. The molecule has 35 heavy (non-hydrogen) atoms. The second kappa shape index (κ2) is 8.98. The van der Waals surface area contributed by atoms with Crippen molar-refractivity contribution in [2.45, 2.75) is 30.4 Å². The molecule has 184 valence electrons. The van der Waals surface area contributed by atoms with Crippen LogP contribution in [0.4, 0.5) is 4.79 Å². The van der Waals surface area contributed by atoms with Crippen LogP contribution in [0.3, 0.4) is 0 Å². The maximum atomic E-state index is 13.3. The summed E-state index contributed by atoms with van der Waals surface area (Å²) in [5.74, 6) is -1.42. The van der Waals surface area contributed by atoms with Crippen LogP contribution in [0.5, 0.6) is 0 Å². The Labute approximate surface area is 203 Å². The van der Waals surface area contributed by atoms with E-state index in [4.69, 9.17) is 19.3 Å². The Morgan fingerprint density at radius 2 is 1.71 bits per heavy atom. The van der Waals surface area contributed by atoms with Crippen LogP contribution in [-0.4, -0.2) is 78.6 Å². The average Bonchev–Trinajstić information content (AvgIpc) is 3.43. The molecule has 0 spiro atoms. The molecule has 0 radical (unpaired) electrons. The van der Waals surface area contributed by atoms with Crippen molar-refractivity contribution in [1.29, 1.82) is 0 Å². The number of ether oxygens (including phenoxy) is 3. The summed E-state index contributed by atoms with van der Waals surface area (Å²) in [6.45, 7) is 2.37. The second-order valence-electron chi connectivity index (χ2n) is 9.63. The highest BCUT2D eigenvalue weighted by atomic mass is 16.6. The zero-order valence-corrected chi connectivity index (χ0v) is 19.5. The van der Waals surface area contributed by atoms with Gasteiger partial charge in [0, 0.05) is 18.9 Å². The van der Waals surface area contributed by atoms with E-state index in [2.05, 4.69) is 17.4 Å². The molecule has 1 unspecified atom stereocenters. The van der Waals surface area contributed by atoms with E-state index in [-0.39, 0.29) is 38.1 Å². The van der Waals surface area contributed by atoms with Gasteiger partial charge in [0.25, 0.3) is 5.91 Å². The number of fused-ring (bicyclic) bond motifs is 3. The summed E-state index contributed by atoms with van der Waals surface area (Å²) in [5.41, 5.74) is 2.56. The van der Waals surface area contributed by atoms with Crippen molar-refractivity contribution in [2.24, 2.45) is 0 Å². The molecular weight excluding hydrogens is 452 g/mol. The maximum absolute atomic E-state index is 13.3. The van der Waals surface area contributed by atoms with E-state index >= 15 is 0 Å². The van der Waals surface area contributed by atoms with E-state index in [0.717, 1.165) is 22.3 Å². The molecule has 0 bridgehead atoms. The molecule has 2 amide bonds. The van der Waals surface area contributed by atoms with Crippen LogP contribution in [-0.2, 0) is 23.8 Å². The van der Waals surface area contributed by atoms with Gasteiger partial charge in [0.2, 0.25) is 0 Å². The summed E-state index contributed by atoms with van der Waals surface area (Å²) in [5, 5.41) is 11.6. The van der Waals surface area contributed by atoms with E-state index in [1.54, 1.807) is 11.8 Å². The minimum absolute atomic E-state index is 0.0548. The Hall–Kier alpha value is -3.43. The van der Waals surface area contributed by atoms with Gasteiger partial charge < -0.3 is 29.5 Å². The molecular formula is C26H28N2O7. The topological polar surface area (TPSA) is 114 Å². The summed E-state index contributed by atoms with van der Waals surface area (Å²) in [6.07, 6.45) is -0.338. The molecule has 2 N–H and O–H groups in total. The van der Waals surface area contributed by atoms with E-state index < -0.39 is 29.8 Å². The number of aliphatic carboxylic acids is 1. The number of nitrogens with zero attached hydrogens (tertiary/aromatic N) is 1. The zero-order chi connectivity index (χ0) is 24.6. The molecule has 2 aromatic carbocycles. The number of benzene rings is 2. The number of hydrogen-bond donors (Lipinski definition) is 2. The number of carboxylic acid groups (broad SMARTS) is 1. The van der Waals surface area contributed by atoms with Gasteiger partial charge in [-0.1, -0.05) is 48.5 Å². The van der Waals surface area contributed by atoms with Gasteiger partial charge in [-0.25, -0.2) is 9.59 Å². The minimum atomic E-state index is -1.21. The highest BCUT2D eigenvalue weighted by molar-refractivity contribution is 5.91. The van der Waals surface area contributed by atoms with Gasteiger partial charge in [-0.05, 0) is 29.2 Å². The zero-order valence-electron chi connectivity index (χ0n) is 19.5. The largest absolute Gasteiger partial charge is 0.480 e. The molecule has 1 atom stereocenters. The van der Waals surface area contributed by atoms with Crippen molar-refractivity contribution < 1.29 is 33.7 Å². The lowest BCUT2D eigenvalue weighted by Gasteiger charge is -2.49. The molecule has 2 saturated heterocycles. The highest BCUT2D eigenvalue weighted by Crippen LogP contribution is 2.44. The summed E-state index contributed by atoms with van der Waals surface area (Å²) >= 11 is 0. The van der Waals surface area contributed by atoms with Crippen LogP contribution < -0.4 is 5.32 Å². The van der Waals surface area contributed by atoms with Gasteiger partial charge in [0.05, 0.1) is 19.7 Å². The molecule has 1 aliphatic carbocycles. The summed E-state index contributed by atoms with van der Waals surface area (Å²) < 4.78 is 16.5. The third kappa shape index (κ3) is 4.37. The quantitative estimate of drug-likeness (QED) is 0.625. The van der Waals surface area contributed by atoms with Crippen molar-refractivity contribution in [3.63, 3.8) is 0 Å². The average molecular weight is 481 g/mol. The number of nitrogens with one attached hydrogen (secondary N) is 1. The van der Waals surface area contributed by atoms with Crippen molar-refractivity contribution >= 4 is 18.0 Å². The Morgan fingerprint density at radius 3 is 2.29 bits per heavy atom. The summed E-state index contributed by atoms with van der Waals surface area (Å²) in [6, 6.07) is 16.2. The fourth-order valence-corrected chi connectivity index (χ4v) is 5.25. The smallest absolute Gasteiger partial charge is 0.408 e. The Bertz CT molecular complexity index is 1110. The second-order valence-corrected chi connectivity index (χ2v) is 9.63. The van der Waals surface area contributed by atoms with Crippen LogP contribution >= 0.6 is 0 Å². The van der Waals surface area contributed by atoms with Crippen molar-refractivity contribution in [2.75, 3.05) is 39.5 Å². The molecule has 2 heterocycles. The van der Waals surface area contributed by atoms with Gasteiger partial charge >= 0.3 is 12.1 Å². The molecule has 3 aliphatic rings. The van der Waals surface area contributed by atoms with Crippen molar-refractivity contribution in [3.05, 3.63) is 59.7 Å². The van der Waals surface area contributed by atoms with Crippen LogP contribution in [0.2, 0.25) is 0 Å². The number of alkyl carbamates (subject to hydrolysis) is 1. The van der Waals surface area contributed by atoms with Gasteiger partial charge in [-0.3, -0.25) is 4.79 Å². The van der Waals surface area contributed by atoms with Crippen LogP contribution in [0.25, 0.3) is 11.1 Å². The number of carbonyl (C=O) groups excluding carboxylic acids is 2. The molecule has 2 fully saturated rings. The first-order valence-corrected chi connectivity index (χ1v) is 11.7. The molecule has 2 aromatic rings. The number of likely N-dealkylation sites (tertiary alicyclic amines) is 1. The van der Waals surface area contributed by atoms with Gasteiger partial charge in [0.1, 0.15) is 24.4 Å². The summed E-state index contributed by atoms with van der Waals surface area (Å²) in [7, 11) is 0. The van der Waals surface area contributed by atoms with E-state index in [1.807, 2.05) is 36.4 Å².